The standard InChI is InChI=1S/C12H9ClF3N5O2S/c13-7-3-6(12(14,15)16)4-21-9(7)18-19-11(21)24-5-8(22)20-2-1-17-10(20)23/h3-4H,1-2,5H2,(H,17,23). The Morgan fingerprint density at radius 3 is 2.79 bits per heavy atom. The molecule has 7 nitrogen and oxygen atoms in total. The van der Waals surface area contributed by atoms with Gasteiger partial charge in [-0.3, -0.25) is 14.1 Å². The van der Waals surface area contributed by atoms with Gasteiger partial charge < -0.3 is 5.32 Å². The minimum absolute atomic E-state index is 0.0542. The molecule has 0 bridgehead atoms. The van der Waals surface area contributed by atoms with Crippen molar-refractivity contribution in [2.75, 3.05) is 18.8 Å². The summed E-state index contributed by atoms with van der Waals surface area (Å²) < 4.78 is 39.7. The molecule has 1 N–H and O–H groups in total. The molecule has 24 heavy (non-hydrogen) atoms. The van der Waals surface area contributed by atoms with Crippen molar-refractivity contribution in [3.8, 4) is 0 Å². The van der Waals surface area contributed by atoms with Crippen LogP contribution in [0.15, 0.2) is 17.4 Å². The number of nitrogens with one attached hydrogen (secondary N) is 1. The van der Waals surface area contributed by atoms with Gasteiger partial charge in [0.15, 0.2) is 10.8 Å². The Kier molecular flexibility index (Phi) is 4.30. The van der Waals surface area contributed by atoms with Crippen molar-refractivity contribution in [2.45, 2.75) is 11.3 Å². The number of hydrogen-bond acceptors (Lipinski definition) is 5. The average Bonchev–Trinajstić information content (AvgIpc) is 3.10. The quantitative estimate of drug-likeness (QED) is 0.826. The number of thioether (sulfide) groups is 1. The maximum atomic E-state index is 12.9. The number of halogens is 4. The molecule has 0 spiro atoms. The van der Waals surface area contributed by atoms with Crippen LogP contribution in [-0.4, -0.2) is 50.3 Å². The van der Waals surface area contributed by atoms with E-state index in [0.717, 1.165) is 33.3 Å². The molecule has 3 heterocycles. The number of rotatable bonds is 3. The van der Waals surface area contributed by atoms with Crippen LogP contribution in [0.5, 0.6) is 0 Å². The fourth-order valence-electron chi connectivity index (χ4n) is 2.10. The Balaban J connectivity index is 1.83. The van der Waals surface area contributed by atoms with E-state index in [4.69, 9.17) is 11.6 Å². The van der Waals surface area contributed by atoms with Gasteiger partial charge in [0.05, 0.1) is 16.3 Å². The summed E-state index contributed by atoms with van der Waals surface area (Å²) in [5.74, 6) is -0.632. The van der Waals surface area contributed by atoms with Gasteiger partial charge in [-0.25, -0.2) is 4.79 Å². The van der Waals surface area contributed by atoms with Crippen molar-refractivity contribution in [1.82, 2.24) is 24.8 Å². The predicted octanol–water partition coefficient (Wildman–Crippen LogP) is 2.05. The monoisotopic (exact) mass is 379 g/mol. The number of fused-ring (bicyclic) bond motifs is 1. The Morgan fingerprint density at radius 2 is 2.17 bits per heavy atom. The highest BCUT2D eigenvalue weighted by Gasteiger charge is 2.32. The zero-order chi connectivity index (χ0) is 17.5. The second-order valence-electron chi connectivity index (χ2n) is 4.82. The predicted molar refractivity (Wildman–Crippen MR) is 78.8 cm³/mol. The molecule has 1 fully saturated rings. The second kappa shape index (κ2) is 6.13. The van der Waals surface area contributed by atoms with E-state index in [1.807, 2.05) is 0 Å². The highest BCUT2D eigenvalue weighted by molar-refractivity contribution is 7.99. The van der Waals surface area contributed by atoms with Gasteiger partial charge in [-0.05, 0) is 6.07 Å². The van der Waals surface area contributed by atoms with E-state index >= 15 is 0 Å². The smallest absolute Gasteiger partial charge is 0.336 e. The Hall–Kier alpha value is -2.01. The molecule has 0 radical (unpaired) electrons. The molecule has 1 aliphatic heterocycles. The first-order valence-corrected chi connectivity index (χ1v) is 7.96. The van der Waals surface area contributed by atoms with Gasteiger partial charge in [0.2, 0.25) is 5.91 Å². The van der Waals surface area contributed by atoms with Crippen LogP contribution in [0.1, 0.15) is 5.56 Å². The number of pyridine rings is 1. The van der Waals surface area contributed by atoms with Crippen LogP contribution in [0.3, 0.4) is 0 Å². The molecule has 12 heteroatoms. The second-order valence-corrected chi connectivity index (χ2v) is 6.17. The van der Waals surface area contributed by atoms with Crippen LogP contribution in [0, 0.1) is 0 Å². The van der Waals surface area contributed by atoms with Gasteiger partial charge in [-0.2, -0.15) is 13.2 Å². The van der Waals surface area contributed by atoms with Crippen molar-refractivity contribution in [3.63, 3.8) is 0 Å². The summed E-state index contributed by atoms with van der Waals surface area (Å²) in [7, 11) is 0. The number of urea groups is 1. The third-order valence-corrected chi connectivity index (χ3v) is 4.44. The van der Waals surface area contributed by atoms with Crippen molar-refractivity contribution in [3.05, 3.63) is 22.8 Å². The summed E-state index contributed by atoms with van der Waals surface area (Å²) in [6.07, 6.45) is -3.76. The fourth-order valence-corrected chi connectivity index (χ4v) is 3.13. The van der Waals surface area contributed by atoms with E-state index in [1.165, 1.54) is 0 Å². The lowest BCUT2D eigenvalue weighted by atomic mass is 10.3. The number of nitrogens with zero attached hydrogens (tertiary/aromatic N) is 4. The normalized spacial score (nSPS) is 15.2. The van der Waals surface area contributed by atoms with Crippen LogP contribution in [0.4, 0.5) is 18.0 Å². The molecular weight excluding hydrogens is 371 g/mol. The van der Waals surface area contributed by atoms with Crippen LogP contribution in [-0.2, 0) is 11.0 Å². The minimum atomic E-state index is -4.58. The first-order valence-electron chi connectivity index (χ1n) is 6.60. The molecule has 3 amide bonds. The number of carbonyl (C=O) groups is 2. The van der Waals surface area contributed by atoms with E-state index in [1.54, 1.807) is 0 Å². The van der Waals surface area contributed by atoms with Gasteiger partial charge in [0.1, 0.15) is 0 Å². The number of alkyl halides is 3. The lowest BCUT2D eigenvalue weighted by Gasteiger charge is -2.11. The molecule has 3 rings (SSSR count). The van der Waals surface area contributed by atoms with Crippen molar-refractivity contribution < 1.29 is 22.8 Å². The highest BCUT2D eigenvalue weighted by atomic mass is 35.5. The zero-order valence-corrected chi connectivity index (χ0v) is 13.4. The summed E-state index contributed by atoms with van der Waals surface area (Å²) in [6, 6.07) is 0.272. The summed E-state index contributed by atoms with van der Waals surface area (Å²) in [4.78, 5) is 24.4. The molecule has 0 aliphatic carbocycles. The zero-order valence-electron chi connectivity index (χ0n) is 11.8. The first kappa shape index (κ1) is 16.8. The number of carbonyl (C=O) groups excluding carboxylic acids is 2. The molecule has 128 valence electrons. The molecule has 0 atom stereocenters. The molecule has 0 saturated carbocycles. The lowest BCUT2D eigenvalue weighted by Crippen LogP contribution is -2.35. The van der Waals surface area contributed by atoms with Crippen LogP contribution >= 0.6 is 23.4 Å². The average molecular weight is 380 g/mol. The molecule has 1 aliphatic rings. The van der Waals surface area contributed by atoms with Crippen molar-refractivity contribution in [1.29, 1.82) is 0 Å². The first-order chi connectivity index (χ1) is 11.3. The van der Waals surface area contributed by atoms with Crippen molar-refractivity contribution in [2.24, 2.45) is 0 Å². The van der Waals surface area contributed by atoms with Crippen LogP contribution < -0.4 is 5.32 Å². The molecular formula is C12H9ClF3N5O2S. The van der Waals surface area contributed by atoms with Gasteiger partial charge in [-0.15, -0.1) is 10.2 Å². The molecule has 0 unspecified atom stereocenters. The highest BCUT2D eigenvalue weighted by Crippen LogP contribution is 2.33. The van der Waals surface area contributed by atoms with Crippen molar-refractivity contribution >= 4 is 40.9 Å². The van der Waals surface area contributed by atoms with E-state index in [0.29, 0.717) is 6.54 Å². The summed E-state index contributed by atoms with van der Waals surface area (Å²) in [5.41, 5.74) is -0.898. The van der Waals surface area contributed by atoms with E-state index in [2.05, 4.69) is 15.5 Å². The number of aromatic nitrogens is 3. The molecule has 2 aromatic heterocycles. The number of hydrogen-bond donors (Lipinski definition) is 1. The number of imide groups is 1. The molecule has 0 aromatic carbocycles. The SMILES string of the molecule is O=C(CSc1nnc2c(Cl)cc(C(F)(F)F)cn12)N1CCNC1=O. The molecule has 2 aromatic rings. The third kappa shape index (κ3) is 3.13. The van der Waals surface area contributed by atoms with E-state index in [9.17, 15) is 22.8 Å². The summed E-state index contributed by atoms with van der Waals surface area (Å²) in [5, 5.41) is 9.83. The maximum Gasteiger partial charge on any atom is 0.417 e. The Bertz CT molecular complexity index is 825. The lowest BCUT2D eigenvalue weighted by molar-refractivity contribution is -0.138. The summed E-state index contributed by atoms with van der Waals surface area (Å²) in [6.45, 7) is 0.622. The minimum Gasteiger partial charge on any atom is -0.336 e. The maximum absolute atomic E-state index is 12.9. The van der Waals surface area contributed by atoms with Gasteiger partial charge in [0, 0.05) is 19.3 Å². The van der Waals surface area contributed by atoms with E-state index < -0.39 is 23.7 Å². The Morgan fingerprint density at radius 1 is 1.42 bits per heavy atom. The van der Waals surface area contributed by atoms with Gasteiger partial charge in [0.25, 0.3) is 0 Å². The van der Waals surface area contributed by atoms with Gasteiger partial charge >= 0.3 is 12.2 Å². The van der Waals surface area contributed by atoms with E-state index in [-0.39, 0.29) is 28.1 Å². The molecule has 1 saturated heterocycles. The van der Waals surface area contributed by atoms with Crippen LogP contribution in [0.25, 0.3) is 5.65 Å². The summed E-state index contributed by atoms with van der Waals surface area (Å²) >= 11 is 6.68. The fraction of sp³-hybridized carbons (Fsp3) is 0.333. The van der Waals surface area contributed by atoms with Gasteiger partial charge in [-0.1, -0.05) is 23.4 Å². The Labute approximate surface area is 142 Å². The number of amides is 3. The van der Waals surface area contributed by atoms with Crippen LogP contribution in [0.2, 0.25) is 5.02 Å². The third-order valence-electron chi connectivity index (χ3n) is 3.24. The largest absolute Gasteiger partial charge is 0.417 e. The topological polar surface area (TPSA) is 79.6 Å².